The van der Waals surface area contributed by atoms with Crippen molar-refractivity contribution in [3.8, 4) is 0 Å². The van der Waals surface area contributed by atoms with Crippen LogP contribution in [0.5, 0.6) is 0 Å². The molecular weight excluding hydrogens is 350 g/mol. The summed E-state index contributed by atoms with van der Waals surface area (Å²) in [5, 5.41) is 0. The molecule has 0 amide bonds. The molecule has 0 unspecified atom stereocenters. The van der Waals surface area contributed by atoms with Crippen molar-refractivity contribution in [3.63, 3.8) is 0 Å². The molecule has 2 rings (SSSR count). The Balaban J connectivity index is 2.46. The third kappa shape index (κ3) is 4.84. The molecule has 0 spiro atoms. The SMILES string of the molecule is COC(=O)CCc1cccc(N2C=CC=CC(C(=O)OC)=C2C(=O)OC)c1. The molecule has 27 heavy (non-hydrogen) atoms. The van der Waals surface area contributed by atoms with E-state index in [1.165, 1.54) is 27.4 Å². The van der Waals surface area contributed by atoms with E-state index in [4.69, 9.17) is 9.47 Å². The van der Waals surface area contributed by atoms with Gasteiger partial charge in [0.2, 0.25) is 0 Å². The summed E-state index contributed by atoms with van der Waals surface area (Å²) in [4.78, 5) is 37.5. The number of hydrogen-bond donors (Lipinski definition) is 0. The number of hydrogen-bond acceptors (Lipinski definition) is 7. The standard InChI is InChI=1S/C20H21NO6/c1-25-17(22)11-10-14-7-6-8-15(13-14)21-12-5-4-9-16(19(23)26-2)18(21)20(24)27-3/h4-9,12-13H,10-11H2,1-3H3. The fourth-order valence-electron chi connectivity index (χ4n) is 2.58. The van der Waals surface area contributed by atoms with Crippen molar-refractivity contribution < 1.29 is 28.6 Å². The van der Waals surface area contributed by atoms with Gasteiger partial charge in [-0.3, -0.25) is 4.79 Å². The summed E-state index contributed by atoms with van der Waals surface area (Å²) >= 11 is 0. The number of nitrogens with zero attached hydrogens (tertiary/aromatic N) is 1. The normalized spacial score (nSPS) is 13.2. The van der Waals surface area contributed by atoms with Gasteiger partial charge in [-0.2, -0.15) is 0 Å². The molecular formula is C20H21NO6. The number of ether oxygens (including phenoxy) is 3. The van der Waals surface area contributed by atoms with E-state index in [1.54, 1.807) is 35.4 Å². The topological polar surface area (TPSA) is 82.1 Å². The number of carbonyl (C=O) groups is 3. The van der Waals surface area contributed by atoms with Gasteiger partial charge >= 0.3 is 17.9 Å². The van der Waals surface area contributed by atoms with E-state index in [9.17, 15) is 14.4 Å². The number of rotatable bonds is 6. The number of esters is 3. The predicted octanol–water partition coefficient (Wildman–Crippen LogP) is 2.28. The van der Waals surface area contributed by atoms with Crippen molar-refractivity contribution in [2.75, 3.05) is 26.2 Å². The summed E-state index contributed by atoms with van der Waals surface area (Å²) in [5.74, 6) is -1.63. The lowest BCUT2D eigenvalue weighted by atomic mass is 10.1. The Morgan fingerprint density at radius 1 is 0.963 bits per heavy atom. The van der Waals surface area contributed by atoms with Crippen molar-refractivity contribution >= 4 is 23.6 Å². The van der Waals surface area contributed by atoms with Crippen LogP contribution < -0.4 is 4.90 Å². The van der Waals surface area contributed by atoms with Gasteiger partial charge in [0.05, 0.1) is 26.9 Å². The number of benzene rings is 1. The molecule has 1 aliphatic rings. The Morgan fingerprint density at radius 2 is 1.70 bits per heavy atom. The van der Waals surface area contributed by atoms with E-state index in [0.29, 0.717) is 12.1 Å². The Kier molecular flexibility index (Phi) is 6.93. The molecule has 0 aliphatic carbocycles. The number of carbonyl (C=O) groups excluding carboxylic acids is 3. The minimum absolute atomic E-state index is 0.0412. The highest BCUT2D eigenvalue weighted by Gasteiger charge is 2.27. The molecule has 7 heteroatoms. The zero-order chi connectivity index (χ0) is 19.8. The Labute approximate surface area is 157 Å². The van der Waals surface area contributed by atoms with Crippen molar-refractivity contribution in [1.29, 1.82) is 0 Å². The largest absolute Gasteiger partial charge is 0.469 e. The number of anilines is 1. The zero-order valence-electron chi connectivity index (χ0n) is 15.4. The molecule has 0 aromatic heterocycles. The lowest BCUT2D eigenvalue weighted by molar-refractivity contribution is -0.140. The van der Waals surface area contributed by atoms with E-state index in [1.807, 2.05) is 12.1 Å². The van der Waals surface area contributed by atoms with Crippen molar-refractivity contribution in [2.45, 2.75) is 12.8 Å². The average Bonchev–Trinajstić information content (AvgIpc) is 2.94. The lowest BCUT2D eigenvalue weighted by Gasteiger charge is -2.23. The summed E-state index contributed by atoms with van der Waals surface area (Å²) in [5.41, 5.74) is 1.64. The van der Waals surface area contributed by atoms with Crippen molar-refractivity contribution in [1.82, 2.24) is 0 Å². The Bertz CT molecular complexity index is 822. The molecule has 1 aromatic carbocycles. The molecule has 0 atom stereocenters. The van der Waals surface area contributed by atoms with Crippen LogP contribution in [-0.4, -0.2) is 39.2 Å². The second-order valence-corrected chi connectivity index (χ2v) is 5.56. The first-order valence-electron chi connectivity index (χ1n) is 8.22. The maximum Gasteiger partial charge on any atom is 0.355 e. The second-order valence-electron chi connectivity index (χ2n) is 5.56. The van der Waals surface area contributed by atoms with E-state index in [2.05, 4.69) is 4.74 Å². The van der Waals surface area contributed by atoms with Crippen LogP contribution in [0.15, 0.2) is 60.0 Å². The molecule has 1 aromatic rings. The van der Waals surface area contributed by atoms with Crippen LogP contribution in [0.3, 0.4) is 0 Å². The fourth-order valence-corrected chi connectivity index (χ4v) is 2.58. The zero-order valence-corrected chi connectivity index (χ0v) is 15.4. The third-order valence-corrected chi connectivity index (χ3v) is 3.92. The summed E-state index contributed by atoms with van der Waals surface area (Å²) in [6, 6.07) is 7.29. The minimum Gasteiger partial charge on any atom is -0.469 e. The molecule has 0 fully saturated rings. The molecule has 0 radical (unpaired) electrons. The highest BCUT2D eigenvalue weighted by Crippen LogP contribution is 2.27. The highest BCUT2D eigenvalue weighted by molar-refractivity contribution is 6.05. The Hall–Kier alpha value is -3.35. The average molecular weight is 371 g/mol. The van der Waals surface area contributed by atoms with Crippen LogP contribution in [0.2, 0.25) is 0 Å². The van der Waals surface area contributed by atoms with E-state index < -0.39 is 11.9 Å². The van der Waals surface area contributed by atoms with Crippen LogP contribution in [0.1, 0.15) is 12.0 Å². The van der Waals surface area contributed by atoms with Gasteiger partial charge in [0, 0.05) is 18.3 Å². The maximum atomic E-state index is 12.4. The van der Waals surface area contributed by atoms with Crippen molar-refractivity contribution in [3.05, 3.63) is 65.5 Å². The first-order chi connectivity index (χ1) is 13.0. The molecule has 0 N–H and O–H groups in total. The van der Waals surface area contributed by atoms with Crippen LogP contribution in [0.25, 0.3) is 0 Å². The minimum atomic E-state index is -0.674. The summed E-state index contributed by atoms with van der Waals surface area (Å²) < 4.78 is 14.3. The molecule has 142 valence electrons. The van der Waals surface area contributed by atoms with Gasteiger partial charge in [-0.25, -0.2) is 9.59 Å². The quantitative estimate of drug-likeness (QED) is 0.560. The molecule has 1 heterocycles. The van der Waals surface area contributed by atoms with E-state index in [0.717, 1.165) is 5.56 Å². The second kappa shape index (κ2) is 9.38. The first kappa shape index (κ1) is 20.0. The number of aryl methyl sites for hydroxylation is 1. The van der Waals surface area contributed by atoms with Gasteiger partial charge in [0.1, 0.15) is 5.70 Å². The number of allylic oxidation sites excluding steroid dienone is 2. The van der Waals surface area contributed by atoms with Gasteiger partial charge in [0.25, 0.3) is 0 Å². The van der Waals surface area contributed by atoms with Gasteiger partial charge in [-0.1, -0.05) is 18.2 Å². The van der Waals surface area contributed by atoms with Crippen LogP contribution in [0, 0.1) is 0 Å². The van der Waals surface area contributed by atoms with Crippen LogP contribution in [-0.2, 0) is 35.0 Å². The molecule has 0 saturated heterocycles. The fraction of sp³-hybridized carbons (Fsp3) is 0.250. The third-order valence-electron chi connectivity index (χ3n) is 3.92. The first-order valence-corrected chi connectivity index (χ1v) is 8.22. The summed E-state index contributed by atoms with van der Waals surface area (Å²) in [7, 11) is 3.83. The van der Waals surface area contributed by atoms with Gasteiger partial charge < -0.3 is 19.1 Å². The van der Waals surface area contributed by atoms with Crippen LogP contribution in [0.4, 0.5) is 5.69 Å². The predicted molar refractivity (Wildman–Crippen MR) is 98.6 cm³/mol. The van der Waals surface area contributed by atoms with Gasteiger partial charge in [0.15, 0.2) is 0 Å². The summed E-state index contributed by atoms with van der Waals surface area (Å²) in [6.07, 6.45) is 7.20. The molecule has 7 nitrogen and oxygen atoms in total. The highest BCUT2D eigenvalue weighted by atomic mass is 16.5. The molecule has 0 bridgehead atoms. The monoisotopic (exact) mass is 371 g/mol. The molecule has 1 aliphatic heterocycles. The lowest BCUT2D eigenvalue weighted by Crippen LogP contribution is -2.27. The van der Waals surface area contributed by atoms with Crippen molar-refractivity contribution in [2.24, 2.45) is 0 Å². The smallest absolute Gasteiger partial charge is 0.355 e. The van der Waals surface area contributed by atoms with Crippen LogP contribution >= 0.6 is 0 Å². The van der Waals surface area contributed by atoms with Gasteiger partial charge in [-0.05, 0) is 36.3 Å². The van der Waals surface area contributed by atoms with Gasteiger partial charge in [-0.15, -0.1) is 0 Å². The number of methoxy groups -OCH3 is 3. The summed E-state index contributed by atoms with van der Waals surface area (Å²) in [6.45, 7) is 0. The maximum absolute atomic E-state index is 12.4. The van der Waals surface area contributed by atoms with E-state index in [-0.39, 0.29) is 23.7 Å². The molecule has 0 saturated carbocycles. The van der Waals surface area contributed by atoms with E-state index >= 15 is 0 Å². The Morgan fingerprint density at radius 3 is 2.37 bits per heavy atom.